The number of para-hydroxylation sites is 1. The predicted octanol–water partition coefficient (Wildman–Crippen LogP) is 1.42. The van der Waals surface area contributed by atoms with Crippen LogP contribution in [0.25, 0.3) is 11.0 Å². The van der Waals surface area contributed by atoms with Crippen molar-refractivity contribution in [1.29, 1.82) is 0 Å². The lowest BCUT2D eigenvalue weighted by Crippen LogP contribution is -2.33. The van der Waals surface area contributed by atoms with Gasteiger partial charge >= 0.3 is 7.12 Å². The number of hydrogen-bond acceptors (Lipinski definition) is 3. The molecule has 0 unspecified atom stereocenters. The number of fused-ring (bicyclic) bond motifs is 1. The normalized spacial score (nSPS) is 10.7. The van der Waals surface area contributed by atoms with Crippen LogP contribution in [0, 0.1) is 0 Å². The maximum absolute atomic E-state index is 5.56. The van der Waals surface area contributed by atoms with Gasteiger partial charge in [0.1, 0.15) is 11.2 Å². The van der Waals surface area contributed by atoms with Gasteiger partial charge in [-0.25, -0.2) is 0 Å². The van der Waals surface area contributed by atoms with Crippen molar-refractivity contribution in [2.45, 2.75) is 0 Å². The summed E-state index contributed by atoms with van der Waals surface area (Å²) in [6.45, 7) is 0. The molecule has 0 aliphatic heterocycles. The molecule has 72 valence electrons. The van der Waals surface area contributed by atoms with Crippen LogP contribution >= 0.6 is 0 Å². The number of hydrogen-bond donors (Lipinski definition) is 0. The summed E-state index contributed by atoms with van der Waals surface area (Å²) in [5.74, 6) is 0. The van der Waals surface area contributed by atoms with Gasteiger partial charge in [-0.05, 0) is 12.1 Å². The zero-order valence-electron chi connectivity index (χ0n) is 8.19. The van der Waals surface area contributed by atoms with Gasteiger partial charge in [0.05, 0.1) is 0 Å². The highest BCUT2D eigenvalue weighted by Crippen LogP contribution is 2.13. The molecule has 0 N–H and O–H groups in total. The van der Waals surface area contributed by atoms with Crippen LogP contribution in [0.3, 0.4) is 0 Å². The quantitative estimate of drug-likeness (QED) is 0.686. The fourth-order valence-corrected chi connectivity index (χ4v) is 1.45. The Kier molecular flexibility index (Phi) is 2.57. The highest BCUT2D eigenvalue weighted by atomic mass is 16.6. The van der Waals surface area contributed by atoms with Crippen molar-refractivity contribution in [3.05, 3.63) is 30.3 Å². The Morgan fingerprint density at radius 3 is 2.50 bits per heavy atom. The van der Waals surface area contributed by atoms with Crippen LogP contribution < -0.4 is 5.66 Å². The fraction of sp³-hybridized carbons (Fsp3) is 0.200. The first-order chi connectivity index (χ1) is 6.85. The van der Waals surface area contributed by atoms with E-state index in [1.807, 2.05) is 30.3 Å². The van der Waals surface area contributed by atoms with Crippen molar-refractivity contribution < 1.29 is 13.7 Å². The maximum atomic E-state index is 5.56. The van der Waals surface area contributed by atoms with Crippen LogP contribution in [0.1, 0.15) is 0 Å². The van der Waals surface area contributed by atoms with Gasteiger partial charge < -0.3 is 13.7 Å². The molecule has 0 fully saturated rings. The first-order valence-corrected chi connectivity index (χ1v) is 4.39. The molecule has 14 heavy (non-hydrogen) atoms. The van der Waals surface area contributed by atoms with E-state index in [-0.39, 0.29) is 0 Å². The summed E-state index contributed by atoms with van der Waals surface area (Å²) >= 11 is 0. The summed E-state index contributed by atoms with van der Waals surface area (Å²) in [4.78, 5) is 0. The lowest BCUT2D eigenvalue weighted by Gasteiger charge is -2.03. The Morgan fingerprint density at radius 2 is 1.86 bits per heavy atom. The molecule has 1 aromatic heterocycles. The summed E-state index contributed by atoms with van der Waals surface area (Å²) in [5, 5.41) is 1.06. The monoisotopic (exact) mass is 190 g/mol. The van der Waals surface area contributed by atoms with Gasteiger partial charge in [0.25, 0.3) is 0 Å². The van der Waals surface area contributed by atoms with E-state index in [1.54, 1.807) is 14.2 Å². The van der Waals surface area contributed by atoms with Crippen LogP contribution in [-0.2, 0) is 9.31 Å². The second-order valence-electron chi connectivity index (χ2n) is 2.99. The summed E-state index contributed by atoms with van der Waals surface area (Å²) < 4.78 is 15.8. The topological polar surface area (TPSA) is 31.6 Å². The van der Waals surface area contributed by atoms with Gasteiger partial charge in [0, 0.05) is 19.6 Å². The minimum atomic E-state index is -0.428. The minimum Gasteiger partial charge on any atom is -0.465 e. The molecule has 0 amide bonds. The first kappa shape index (κ1) is 9.31. The Bertz CT molecular complexity index is 387. The number of benzene rings is 1. The summed E-state index contributed by atoms with van der Waals surface area (Å²) in [6.07, 6.45) is 0. The van der Waals surface area contributed by atoms with E-state index in [4.69, 9.17) is 13.7 Å². The SMILES string of the molecule is COB(OC)c1cc2ccccc2o1. The highest BCUT2D eigenvalue weighted by molar-refractivity contribution is 6.60. The zero-order valence-corrected chi connectivity index (χ0v) is 8.19. The van der Waals surface area contributed by atoms with Crippen LogP contribution in [0.4, 0.5) is 0 Å². The standard InChI is InChI=1S/C10H11BO3/c1-12-11(13-2)10-7-8-5-3-4-6-9(8)14-10/h3-7H,1-2H3. The van der Waals surface area contributed by atoms with E-state index in [0.717, 1.165) is 11.0 Å². The fourth-order valence-electron chi connectivity index (χ4n) is 1.45. The van der Waals surface area contributed by atoms with Crippen LogP contribution in [0.5, 0.6) is 0 Å². The molecule has 0 spiro atoms. The van der Waals surface area contributed by atoms with Crippen LogP contribution in [-0.4, -0.2) is 21.3 Å². The molecule has 0 aliphatic carbocycles. The average molecular weight is 190 g/mol. The van der Waals surface area contributed by atoms with Crippen molar-refractivity contribution in [3.63, 3.8) is 0 Å². The lowest BCUT2D eigenvalue weighted by atomic mass is 9.86. The van der Waals surface area contributed by atoms with Crippen molar-refractivity contribution in [3.8, 4) is 0 Å². The minimum absolute atomic E-state index is 0.428. The number of rotatable bonds is 3. The van der Waals surface area contributed by atoms with Crippen molar-refractivity contribution in [1.82, 2.24) is 0 Å². The maximum Gasteiger partial charge on any atom is 0.531 e. The van der Waals surface area contributed by atoms with Gasteiger partial charge in [-0.3, -0.25) is 0 Å². The molecule has 0 saturated heterocycles. The molecule has 4 heteroatoms. The molecule has 1 heterocycles. The van der Waals surface area contributed by atoms with E-state index in [0.29, 0.717) is 5.66 Å². The Hall–Kier alpha value is -1.26. The predicted molar refractivity (Wildman–Crippen MR) is 55.6 cm³/mol. The van der Waals surface area contributed by atoms with E-state index in [1.165, 1.54) is 0 Å². The van der Waals surface area contributed by atoms with E-state index < -0.39 is 7.12 Å². The molecule has 0 bridgehead atoms. The largest absolute Gasteiger partial charge is 0.531 e. The van der Waals surface area contributed by atoms with E-state index >= 15 is 0 Å². The van der Waals surface area contributed by atoms with Gasteiger partial charge in [0.15, 0.2) is 0 Å². The average Bonchev–Trinajstić information content (AvgIpc) is 2.63. The van der Waals surface area contributed by atoms with Gasteiger partial charge in [0.2, 0.25) is 0 Å². The molecule has 0 atom stereocenters. The molecule has 2 aromatic rings. The van der Waals surface area contributed by atoms with Gasteiger partial charge in [-0.2, -0.15) is 0 Å². The third kappa shape index (κ3) is 1.54. The molecular weight excluding hydrogens is 179 g/mol. The third-order valence-corrected chi connectivity index (χ3v) is 2.11. The number of furan rings is 1. The highest BCUT2D eigenvalue weighted by Gasteiger charge is 2.22. The molecule has 0 radical (unpaired) electrons. The van der Waals surface area contributed by atoms with Crippen molar-refractivity contribution >= 4 is 23.7 Å². The molecule has 0 saturated carbocycles. The van der Waals surface area contributed by atoms with Crippen LogP contribution in [0.15, 0.2) is 34.7 Å². The van der Waals surface area contributed by atoms with Crippen molar-refractivity contribution in [2.75, 3.05) is 14.2 Å². The second kappa shape index (κ2) is 3.86. The van der Waals surface area contributed by atoms with Gasteiger partial charge in [-0.15, -0.1) is 0 Å². The second-order valence-corrected chi connectivity index (χ2v) is 2.99. The van der Waals surface area contributed by atoms with E-state index in [9.17, 15) is 0 Å². The van der Waals surface area contributed by atoms with E-state index in [2.05, 4.69) is 0 Å². The smallest absolute Gasteiger partial charge is 0.465 e. The Labute approximate surface area is 82.8 Å². The molecule has 2 rings (SSSR count). The van der Waals surface area contributed by atoms with Crippen LogP contribution in [0.2, 0.25) is 0 Å². The van der Waals surface area contributed by atoms with Gasteiger partial charge in [-0.1, -0.05) is 18.2 Å². The Morgan fingerprint density at radius 1 is 1.14 bits per heavy atom. The molecule has 0 aliphatic rings. The zero-order chi connectivity index (χ0) is 9.97. The summed E-state index contributed by atoms with van der Waals surface area (Å²) in [7, 11) is 2.74. The first-order valence-electron chi connectivity index (χ1n) is 4.39. The molecular formula is C10H11BO3. The summed E-state index contributed by atoms with van der Waals surface area (Å²) in [6, 6.07) is 9.74. The lowest BCUT2D eigenvalue weighted by molar-refractivity contribution is 0.285. The Balaban J connectivity index is 2.43. The summed E-state index contributed by atoms with van der Waals surface area (Å²) in [5.41, 5.74) is 1.54. The third-order valence-electron chi connectivity index (χ3n) is 2.11. The molecule has 1 aromatic carbocycles. The van der Waals surface area contributed by atoms with Crippen molar-refractivity contribution in [2.24, 2.45) is 0 Å². The molecule has 3 nitrogen and oxygen atoms in total.